The number of carboxylic acid groups (broad SMARTS) is 1. The fourth-order valence-electron chi connectivity index (χ4n) is 4.76. The SMILES string of the molecule is C/C(=C\C(=O)OCCCCCCCCC(=O)O)C[C@@H]1OC[C@H](C[C@@H]2O[C@H]2[C@@H](CO)[C@H](C)O)[C@@H](O)[C@H]1O. The van der Waals surface area contributed by atoms with Crippen LogP contribution < -0.4 is 0 Å². The van der Waals surface area contributed by atoms with Gasteiger partial charge in [0.1, 0.15) is 6.10 Å². The molecule has 10 nitrogen and oxygen atoms in total. The summed E-state index contributed by atoms with van der Waals surface area (Å²) in [6, 6.07) is 0. The number of epoxide rings is 1. The highest BCUT2D eigenvalue weighted by atomic mass is 16.6. The van der Waals surface area contributed by atoms with Gasteiger partial charge in [-0.2, -0.15) is 0 Å². The van der Waals surface area contributed by atoms with Gasteiger partial charge >= 0.3 is 11.9 Å². The Kier molecular flexibility index (Phi) is 13.3. The van der Waals surface area contributed by atoms with Gasteiger partial charge in [0.25, 0.3) is 0 Å². The number of carboxylic acids is 1. The number of aliphatic hydroxyl groups excluding tert-OH is 4. The minimum absolute atomic E-state index is 0.183. The number of ether oxygens (including phenoxy) is 3. The molecule has 0 spiro atoms. The molecule has 2 saturated heterocycles. The topological polar surface area (TPSA) is 166 Å². The third kappa shape index (κ3) is 10.4. The first-order valence-electron chi connectivity index (χ1n) is 13.1. The van der Waals surface area contributed by atoms with E-state index in [0.717, 1.165) is 32.1 Å². The first-order chi connectivity index (χ1) is 17.1. The lowest BCUT2D eigenvalue weighted by atomic mass is 9.85. The largest absolute Gasteiger partial charge is 0.481 e. The minimum atomic E-state index is -1.11. The predicted octanol–water partition coefficient (Wildman–Crippen LogP) is 1.56. The smallest absolute Gasteiger partial charge is 0.330 e. The molecule has 0 saturated carbocycles. The molecule has 2 heterocycles. The highest BCUT2D eigenvalue weighted by Gasteiger charge is 2.49. The minimum Gasteiger partial charge on any atom is -0.481 e. The number of hydrogen-bond donors (Lipinski definition) is 5. The van der Waals surface area contributed by atoms with Gasteiger partial charge in [-0.3, -0.25) is 4.79 Å². The lowest BCUT2D eigenvalue weighted by molar-refractivity contribution is -0.165. The van der Waals surface area contributed by atoms with Crippen LogP contribution >= 0.6 is 0 Å². The zero-order valence-electron chi connectivity index (χ0n) is 21.5. The first-order valence-corrected chi connectivity index (χ1v) is 13.1. The monoisotopic (exact) mass is 516 g/mol. The quantitative estimate of drug-likeness (QED) is 0.0828. The van der Waals surface area contributed by atoms with E-state index in [0.29, 0.717) is 25.0 Å². The molecule has 0 aromatic carbocycles. The lowest BCUT2D eigenvalue weighted by Gasteiger charge is -2.38. The summed E-state index contributed by atoms with van der Waals surface area (Å²) in [6.07, 6.45) is 3.60. The molecule has 0 aliphatic carbocycles. The van der Waals surface area contributed by atoms with Crippen molar-refractivity contribution >= 4 is 11.9 Å². The van der Waals surface area contributed by atoms with E-state index in [1.54, 1.807) is 13.8 Å². The average molecular weight is 517 g/mol. The van der Waals surface area contributed by atoms with Crippen LogP contribution in [0.1, 0.15) is 71.6 Å². The molecule has 0 radical (unpaired) electrons. The van der Waals surface area contributed by atoms with E-state index in [4.69, 9.17) is 19.3 Å². The Morgan fingerprint density at radius 3 is 2.36 bits per heavy atom. The van der Waals surface area contributed by atoms with Gasteiger partial charge in [0.2, 0.25) is 0 Å². The van der Waals surface area contributed by atoms with Gasteiger partial charge in [-0.05, 0) is 39.5 Å². The van der Waals surface area contributed by atoms with Crippen molar-refractivity contribution in [3.63, 3.8) is 0 Å². The molecule has 2 aliphatic heterocycles. The van der Waals surface area contributed by atoms with E-state index in [1.807, 2.05) is 0 Å². The maximum atomic E-state index is 12.1. The number of aliphatic carboxylic acids is 1. The number of unbranched alkanes of at least 4 members (excludes halogenated alkanes) is 5. The second kappa shape index (κ2) is 15.6. The Bertz CT molecular complexity index is 709. The van der Waals surface area contributed by atoms with E-state index in [1.165, 1.54) is 6.08 Å². The summed E-state index contributed by atoms with van der Waals surface area (Å²) in [7, 11) is 0. The zero-order chi connectivity index (χ0) is 26.7. The molecule has 0 unspecified atom stereocenters. The van der Waals surface area contributed by atoms with Gasteiger partial charge in [0.05, 0.1) is 50.3 Å². The molecule has 0 aromatic heterocycles. The van der Waals surface area contributed by atoms with Crippen molar-refractivity contribution in [2.45, 2.75) is 108 Å². The normalized spacial score (nSPS) is 30.0. The van der Waals surface area contributed by atoms with E-state index in [-0.39, 0.29) is 50.1 Å². The summed E-state index contributed by atoms with van der Waals surface area (Å²) in [5.41, 5.74) is 0.682. The molecule has 208 valence electrons. The van der Waals surface area contributed by atoms with Gasteiger partial charge in [-0.15, -0.1) is 0 Å². The second-order valence-electron chi connectivity index (χ2n) is 10.2. The number of aliphatic hydroxyl groups is 4. The molecule has 2 fully saturated rings. The highest BCUT2D eigenvalue weighted by Crippen LogP contribution is 2.38. The Balaban J connectivity index is 1.63. The zero-order valence-corrected chi connectivity index (χ0v) is 21.5. The van der Waals surface area contributed by atoms with Crippen molar-refractivity contribution in [3.8, 4) is 0 Å². The van der Waals surface area contributed by atoms with Gasteiger partial charge in [0.15, 0.2) is 0 Å². The molecule has 10 heteroatoms. The van der Waals surface area contributed by atoms with E-state index in [9.17, 15) is 30.0 Å². The predicted molar refractivity (Wildman–Crippen MR) is 130 cm³/mol. The second-order valence-corrected chi connectivity index (χ2v) is 10.2. The van der Waals surface area contributed by atoms with E-state index < -0.39 is 36.4 Å². The van der Waals surface area contributed by atoms with Gasteiger partial charge in [-0.1, -0.05) is 31.3 Å². The average Bonchev–Trinajstić information content (AvgIpc) is 3.56. The van der Waals surface area contributed by atoms with Crippen molar-refractivity contribution in [2.75, 3.05) is 19.8 Å². The summed E-state index contributed by atoms with van der Waals surface area (Å²) in [5.74, 6) is -1.92. The maximum Gasteiger partial charge on any atom is 0.330 e. The van der Waals surface area contributed by atoms with Crippen LogP contribution in [0.2, 0.25) is 0 Å². The van der Waals surface area contributed by atoms with Gasteiger partial charge in [0, 0.05) is 24.3 Å². The third-order valence-corrected chi connectivity index (χ3v) is 7.06. The molecular weight excluding hydrogens is 472 g/mol. The van der Waals surface area contributed by atoms with Crippen LogP contribution in [-0.4, -0.2) is 93.9 Å². The van der Waals surface area contributed by atoms with Crippen LogP contribution in [0.5, 0.6) is 0 Å². The number of hydrogen-bond acceptors (Lipinski definition) is 9. The van der Waals surface area contributed by atoms with Crippen molar-refractivity contribution in [3.05, 3.63) is 11.6 Å². The van der Waals surface area contributed by atoms with Crippen LogP contribution in [0.3, 0.4) is 0 Å². The standard InChI is InChI=1S/C26H44O10/c1-16(12-23(31)34-10-8-6-4-3-5-7-9-22(29)30)11-20-25(33)24(32)18(15-35-20)13-21-26(36-21)19(14-27)17(2)28/h12,17-21,24-28,32-33H,3-11,13-15H2,1-2H3,(H,29,30)/b16-12+/t17-,18-,19-,20-,21-,24+,25-,26-/m0/s1. The van der Waals surface area contributed by atoms with Crippen molar-refractivity contribution < 1.29 is 49.3 Å². The molecule has 8 atom stereocenters. The third-order valence-electron chi connectivity index (χ3n) is 7.06. The fraction of sp³-hybridized carbons (Fsp3) is 0.846. The van der Waals surface area contributed by atoms with Crippen LogP contribution in [0.15, 0.2) is 11.6 Å². The van der Waals surface area contributed by atoms with Gasteiger partial charge < -0.3 is 39.7 Å². The summed E-state index contributed by atoms with van der Waals surface area (Å²) < 4.78 is 16.6. The van der Waals surface area contributed by atoms with E-state index >= 15 is 0 Å². The maximum absolute atomic E-state index is 12.1. The van der Waals surface area contributed by atoms with Crippen molar-refractivity contribution in [1.82, 2.24) is 0 Å². The Morgan fingerprint density at radius 2 is 1.72 bits per heavy atom. The lowest BCUT2D eigenvalue weighted by Crippen LogP contribution is -2.50. The number of carbonyl (C=O) groups excluding carboxylic acids is 1. The van der Waals surface area contributed by atoms with E-state index in [2.05, 4.69) is 0 Å². The summed E-state index contributed by atoms with van der Waals surface area (Å²) in [6.45, 7) is 3.73. The molecule has 5 N–H and O–H groups in total. The van der Waals surface area contributed by atoms with Crippen LogP contribution in [0, 0.1) is 11.8 Å². The molecular formula is C26H44O10. The van der Waals surface area contributed by atoms with Crippen LogP contribution in [-0.2, 0) is 23.8 Å². The van der Waals surface area contributed by atoms with Crippen LogP contribution in [0.4, 0.5) is 0 Å². The molecule has 0 bridgehead atoms. The summed E-state index contributed by atoms with van der Waals surface area (Å²) >= 11 is 0. The molecule has 0 aromatic rings. The molecule has 2 rings (SSSR count). The summed E-state index contributed by atoms with van der Waals surface area (Å²) in [5, 5.41) is 48.9. The highest BCUT2D eigenvalue weighted by molar-refractivity contribution is 5.82. The molecule has 0 amide bonds. The van der Waals surface area contributed by atoms with Crippen molar-refractivity contribution in [2.24, 2.45) is 11.8 Å². The Morgan fingerprint density at radius 1 is 1.06 bits per heavy atom. The first kappa shape index (κ1) is 30.7. The van der Waals surface area contributed by atoms with Crippen molar-refractivity contribution in [1.29, 1.82) is 0 Å². The van der Waals surface area contributed by atoms with Gasteiger partial charge in [-0.25, -0.2) is 4.79 Å². The Labute approximate surface area is 213 Å². The van der Waals surface area contributed by atoms with Crippen LogP contribution in [0.25, 0.3) is 0 Å². The number of esters is 1. The number of carbonyl (C=O) groups is 2. The summed E-state index contributed by atoms with van der Waals surface area (Å²) in [4.78, 5) is 22.5. The number of rotatable bonds is 17. The fourth-order valence-corrected chi connectivity index (χ4v) is 4.76. The molecule has 36 heavy (non-hydrogen) atoms. The molecule has 2 aliphatic rings. The Hall–Kier alpha value is -1.56.